The molecule has 0 spiro atoms. The fourth-order valence-corrected chi connectivity index (χ4v) is 1.88. The Morgan fingerprint density at radius 1 is 1.17 bits per heavy atom. The molecule has 0 amide bonds. The van der Waals surface area contributed by atoms with E-state index < -0.39 is 0 Å². The van der Waals surface area contributed by atoms with Crippen LogP contribution in [0.1, 0.15) is 33.1 Å². The molecule has 0 radical (unpaired) electrons. The molecule has 1 rings (SSSR count). The summed E-state index contributed by atoms with van der Waals surface area (Å²) in [6.07, 6.45) is 4.96. The van der Waals surface area contributed by atoms with Gasteiger partial charge < -0.3 is 4.79 Å². The lowest BCUT2D eigenvalue weighted by molar-refractivity contribution is -0.114. The summed E-state index contributed by atoms with van der Waals surface area (Å²) in [5.74, 6) is 0.459. The summed E-state index contributed by atoms with van der Waals surface area (Å²) < 4.78 is 0. The van der Waals surface area contributed by atoms with Gasteiger partial charge in [0.05, 0.1) is 6.04 Å². The van der Waals surface area contributed by atoms with Crippen molar-refractivity contribution >= 4 is 6.29 Å². The van der Waals surface area contributed by atoms with Gasteiger partial charge >= 0.3 is 0 Å². The van der Waals surface area contributed by atoms with Crippen molar-refractivity contribution in [2.45, 2.75) is 39.2 Å². The molecule has 0 saturated carbocycles. The van der Waals surface area contributed by atoms with Crippen LogP contribution in [0, 0.1) is 5.92 Å². The molecule has 2 heteroatoms. The van der Waals surface area contributed by atoms with Crippen molar-refractivity contribution in [3.63, 3.8) is 0 Å². The number of rotatable bonds is 3. The van der Waals surface area contributed by atoms with Gasteiger partial charge in [-0.25, -0.2) is 0 Å². The van der Waals surface area contributed by atoms with Gasteiger partial charge in [0.25, 0.3) is 0 Å². The van der Waals surface area contributed by atoms with Gasteiger partial charge in [0.1, 0.15) is 6.29 Å². The fourth-order valence-electron chi connectivity index (χ4n) is 1.88. The van der Waals surface area contributed by atoms with Crippen molar-refractivity contribution in [1.29, 1.82) is 0 Å². The van der Waals surface area contributed by atoms with Crippen LogP contribution in [0.4, 0.5) is 0 Å². The van der Waals surface area contributed by atoms with Crippen molar-refractivity contribution in [3.8, 4) is 0 Å². The zero-order valence-corrected chi connectivity index (χ0v) is 8.12. The van der Waals surface area contributed by atoms with E-state index >= 15 is 0 Å². The average Bonchev–Trinajstić information content (AvgIpc) is 2.07. The molecule has 1 aliphatic rings. The van der Waals surface area contributed by atoms with Crippen molar-refractivity contribution in [1.82, 2.24) is 4.90 Å². The van der Waals surface area contributed by atoms with E-state index in [1.807, 2.05) is 0 Å². The fraction of sp³-hybridized carbons (Fsp3) is 0.900. The highest BCUT2D eigenvalue weighted by Gasteiger charge is 2.22. The van der Waals surface area contributed by atoms with E-state index in [0.29, 0.717) is 5.92 Å². The number of likely N-dealkylation sites (tertiary alicyclic amines) is 1. The molecule has 70 valence electrons. The van der Waals surface area contributed by atoms with Gasteiger partial charge in [0.2, 0.25) is 0 Å². The van der Waals surface area contributed by atoms with Crippen LogP contribution in [0.2, 0.25) is 0 Å². The highest BCUT2D eigenvalue weighted by molar-refractivity contribution is 5.58. The summed E-state index contributed by atoms with van der Waals surface area (Å²) in [5.41, 5.74) is 0. The minimum atomic E-state index is 0.158. The SMILES string of the molecule is CC(C)C(C=O)N1CCCCC1. The standard InChI is InChI=1S/C10H19NO/c1-9(2)10(8-12)11-6-4-3-5-7-11/h8-10H,3-7H2,1-2H3. The summed E-state index contributed by atoms with van der Waals surface area (Å²) in [6.45, 7) is 6.46. The van der Waals surface area contributed by atoms with Gasteiger partial charge in [-0.3, -0.25) is 4.90 Å². The van der Waals surface area contributed by atoms with Gasteiger partial charge in [-0.05, 0) is 31.8 Å². The van der Waals surface area contributed by atoms with E-state index in [0.717, 1.165) is 19.4 Å². The Balaban J connectivity index is 2.45. The Morgan fingerprint density at radius 2 is 1.75 bits per heavy atom. The summed E-state index contributed by atoms with van der Waals surface area (Å²) in [6, 6.07) is 0.158. The van der Waals surface area contributed by atoms with Crippen molar-refractivity contribution in [2.75, 3.05) is 13.1 Å². The zero-order chi connectivity index (χ0) is 8.97. The van der Waals surface area contributed by atoms with Crippen LogP contribution in [0.5, 0.6) is 0 Å². The highest BCUT2D eigenvalue weighted by atomic mass is 16.1. The van der Waals surface area contributed by atoms with Crippen LogP contribution in [0.3, 0.4) is 0 Å². The van der Waals surface area contributed by atoms with E-state index in [9.17, 15) is 4.79 Å². The lowest BCUT2D eigenvalue weighted by atomic mass is 10.0. The smallest absolute Gasteiger partial charge is 0.137 e. The summed E-state index contributed by atoms with van der Waals surface area (Å²) >= 11 is 0. The molecule has 1 fully saturated rings. The minimum absolute atomic E-state index is 0.158. The van der Waals surface area contributed by atoms with Gasteiger partial charge in [-0.15, -0.1) is 0 Å². The first-order chi connectivity index (χ1) is 5.75. The molecule has 1 aliphatic heterocycles. The van der Waals surface area contributed by atoms with Crippen LogP contribution in [0.15, 0.2) is 0 Å². The first kappa shape index (κ1) is 9.72. The maximum absolute atomic E-state index is 10.8. The molecule has 1 atom stereocenters. The molecule has 1 unspecified atom stereocenters. The lowest BCUT2D eigenvalue weighted by Crippen LogP contribution is -2.43. The Hall–Kier alpha value is -0.370. The molecule has 12 heavy (non-hydrogen) atoms. The highest BCUT2D eigenvalue weighted by Crippen LogP contribution is 2.15. The van der Waals surface area contributed by atoms with Crippen LogP contribution < -0.4 is 0 Å². The summed E-state index contributed by atoms with van der Waals surface area (Å²) in [4.78, 5) is 13.1. The van der Waals surface area contributed by atoms with Crippen molar-refractivity contribution in [2.24, 2.45) is 5.92 Å². The maximum Gasteiger partial charge on any atom is 0.137 e. The second-order valence-electron chi connectivity index (χ2n) is 3.97. The van der Waals surface area contributed by atoms with Crippen LogP contribution in [-0.4, -0.2) is 30.3 Å². The van der Waals surface area contributed by atoms with Gasteiger partial charge in [-0.2, -0.15) is 0 Å². The van der Waals surface area contributed by atoms with Gasteiger partial charge in [0, 0.05) is 0 Å². The second-order valence-corrected chi connectivity index (χ2v) is 3.97. The number of aldehydes is 1. The second kappa shape index (κ2) is 4.61. The molecule has 0 N–H and O–H groups in total. The first-order valence-corrected chi connectivity index (χ1v) is 4.95. The average molecular weight is 169 g/mol. The predicted octanol–water partition coefficient (Wildman–Crippen LogP) is 1.70. The molecule has 0 bridgehead atoms. The summed E-state index contributed by atoms with van der Waals surface area (Å²) in [7, 11) is 0. The maximum atomic E-state index is 10.8. The van der Waals surface area contributed by atoms with E-state index in [-0.39, 0.29) is 6.04 Å². The number of carbonyl (C=O) groups is 1. The Bertz CT molecular complexity index is 139. The van der Waals surface area contributed by atoms with Gasteiger partial charge in [-0.1, -0.05) is 20.3 Å². The topological polar surface area (TPSA) is 20.3 Å². The molecule has 1 saturated heterocycles. The lowest BCUT2D eigenvalue weighted by Gasteiger charge is -2.33. The zero-order valence-electron chi connectivity index (χ0n) is 8.12. The number of carbonyl (C=O) groups excluding carboxylic acids is 1. The normalized spacial score (nSPS) is 22.6. The van der Waals surface area contributed by atoms with E-state index in [2.05, 4.69) is 18.7 Å². The third-order valence-electron chi connectivity index (χ3n) is 2.63. The number of piperidine rings is 1. The molecule has 2 nitrogen and oxygen atoms in total. The summed E-state index contributed by atoms with van der Waals surface area (Å²) in [5, 5.41) is 0. The van der Waals surface area contributed by atoms with Crippen molar-refractivity contribution < 1.29 is 4.79 Å². The number of nitrogens with zero attached hydrogens (tertiary/aromatic N) is 1. The van der Waals surface area contributed by atoms with E-state index in [4.69, 9.17) is 0 Å². The molecule has 0 aliphatic carbocycles. The van der Waals surface area contributed by atoms with E-state index in [1.165, 1.54) is 19.3 Å². The minimum Gasteiger partial charge on any atom is -0.302 e. The number of hydrogen-bond donors (Lipinski definition) is 0. The monoisotopic (exact) mass is 169 g/mol. The molecule has 0 aromatic carbocycles. The third kappa shape index (κ3) is 2.31. The molecule has 1 heterocycles. The van der Waals surface area contributed by atoms with Crippen LogP contribution in [0.25, 0.3) is 0 Å². The predicted molar refractivity (Wildman–Crippen MR) is 50.1 cm³/mol. The van der Waals surface area contributed by atoms with Crippen LogP contribution >= 0.6 is 0 Å². The molecular weight excluding hydrogens is 150 g/mol. The molecular formula is C10H19NO. The molecule has 0 aromatic heterocycles. The Morgan fingerprint density at radius 3 is 2.17 bits per heavy atom. The largest absolute Gasteiger partial charge is 0.302 e. The van der Waals surface area contributed by atoms with Crippen molar-refractivity contribution in [3.05, 3.63) is 0 Å². The number of hydrogen-bond acceptors (Lipinski definition) is 2. The molecule has 0 aromatic rings. The first-order valence-electron chi connectivity index (χ1n) is 4.95. The van der Waals surface area contributed by atoms with Crippen LogP contribution in [-0.2, 0) is 4.79 Å². The van der Waals surface area contributed by atoms with Gasteiger partial charge in [0.15, 0.2) is 0 Å². The third-order valence-corrected chi connectivity index (χ3v) is 2.63. The Labute approximate surface area is 74.9 Å². The Kier molecular flexibility index (Phi) is 3.73. The van der Waals surface area contributed by atoms with E-state index in [1.54, 1.807) is 0 Å². The quantitative estimate of drug-likeness (QED) is 0.599.